The van der Waals surface area contributed by atoms with Crippen molar-refractivity contribution in [3.8, 4) is 0 Å². The molecular weight excluding hydrogens is 260 g/mol. The lowest BCUT2D eigenvalue weighted by Gasteiger charge is -2.12. The molecule has 0 aliphatic rings. The monoisotopic (exact) mass is 276 g/mol. The van der Waals surface area contributed by atoms with Crippen molar-refractivity contribution in [2.24, 2.45) is 0 Å². The van der Waals surface area contributed by atoms with Crippen molar-refractivity contribution in [2.75, 3.05) is 36.3 Å². The summed E-state index contributed by atoms with van der Waals surface area (Å²) in [6.07, 6.45) is 2.04. The van der Waals surface area contributed by atoms with Crippen molar-refractivity contribution in [3.05, 3.63) is 24.3 Å². The van der Waals surface area contributed by atoms with Gasteiger partial charge in [0.1, 0.15) is 0 Å². The minimum absolute atomic E-state index is 0.196. The molecule has 2 rings (SSSR count). The summed E-state index contributed by atoms with van der Waals surface area (Å²) in [6, 6.07) is 8.01. The molecule has 0 spiro atoms. The quantitative estimate of drug-likeness (QED) is 0.826. The molecule has 19 heavy (non-hydrogen) atoms. The summed E-state index contributed by atoms with van der Waals surface area (Å²) >= 11 is 1.70. The zero-order valence-electron chi connectivity index (χ0n) is 11.1. The lowest BCUT2D eigenvalue weighted by molar-refractivity contribution is 0.969. The maximum atomic E-state index is 5.66. The number of hydrogen-bond donors (Lipinski definition) is 2. The van der Waals surface area contributed by atoms with Gasteiger partial charge in [-0.2, -0.15) is 15.0 Å². The van der Waals surface area contributed by atoms with Crippen LogP contribution in [0.1, 0.15) is 0 Å². The lowest BCUT2D eigenvalue weighted by Crippen LogP contribution is -2.15. The van der Waals surface area contributed by atoms with E-state index >= 15 is 0 Å². The first kappa shape index (κ1) is 13.4. The average molecular weight is 276 g/mol. The number of nitrogens with two attached hydrogens (primary N) is 1. The van der Waals surface area contributed by atoms with Gasteiger partial charge < -0.3 is 16.0 Å². The van der Waals surface area contributed by atoms with Gasteiger partial charge in [-0.1, -0.05) is 0 Å². The van der Waals surface area contributed by atoms with Gasteiger partial charge in [-0.15, -0.1) is 11.8 Å². The van der Waals surface area contributed by atoms with Crippen LogP contribution in [0.25, 0.3) is 0 Å². The van der Waals surface area contributed by atoms with Crippen molar-refractivity contribution < 1.29 is 0 Å². The Kier molecular flexibility index (Phi) is 4.06. The van der Waals surface area contributed by atoms with Crippen LogP contribution >= 0.6 is 11.8 Å². The van der Waals surface area contributed by atoms with Gasteiger partial charge in [-0.3, -0.25) is 0 Å². The molecule has 0 bridgehead atoms. The smallest absolute Gasteiger partial charge is 0.233 e. The Hall–Kier alpha value is -2.02. The minimum atomic E-state index is 0.196. The Bertz CT molecular complexity index is 555. The third-order valence-electron chi connectivity index (χ3n) is 2.39. The second-order valence-corrected chi connectivity index (χ2v) is 4.94. The molecule has 0 aliphatic heterocycles. The van der Waals surface area contributed by atoms with E-state index in [2.05, 4.69) is 20.3 Å². The van der Waals surface area contributed by atoms with Crippen molar-refractivity contribution >= 4 is 35.3 Å². The number of nitrogen functional groups attached to an aromatic ring is 1. The number of aromatic nitrogens is 3. The van der Waals surface area contributed by atoms with E-state index in [9.17, 15) is 0 Å². The van der Waals surface area contributed by atoms with Gasteiger partial charge in [0.05, 0.1) is 0 Å². The first-order chi connectivity index (χ1) is 9.08. The third kappa shape index (κ3) is 3.47. The number of anilines is 4. The number of benzene rings is 1. The van der Waals surface area contributed by atoms with Crippen LogP contribution in [0.3, 0.4) is 0 Å². The Balaban J connectivity index is 2.22. The SMILES string of the molecule is CSc1ccc(Nc2nc(N)nc(N(C)C)n2)cc1. The van der Waals surface area contributed by atoms with Crippen molar-refractivity contribution in [1.82, 2.24) is 15.0 Å². The molecule has 0 fully saturated rings. The number of nitrogens with one attached hydrogen (secondary N) is 1. The second kappa shape index (κ2) is 5.75. The molecule has 2 aromatic rings. The standard InChI is InChI=1S/C12H16N6S/c1-18(2)12-16-10(13)15-11(17-12)14-8-4-6-9(19-3)7-5-8/h4-7H,1-3H3,(H3,13,14,15,16,17). The molecule has 1 heterocycles. The van der Waals surface area contributed by atoms with Crippen LogP contribution in [-0.4, -0.2) is 35.3 Å². The summed E-state index contributed by atoms with van der Waals surface area (Å²) in [4.78, 5) is 15.4. The van der Waals surface area contributed by atoms with E-state index in [0.717, 1.165) is 5.69 Å². The molecular formula is C12H16N6S. The molecule has 0 saturated carbocycles. The third-order valence-corrected chi connectivity index (χ3v) is 3.13. The van der Waals surface area contributed by atoms with E-state index in [-0.39, 0.29) is 5.95 Å². The molecule has 1 aromatic heterocycles. The van der Waals surface area contributed by atoms with Crippen molar-refractivity contribution in [3.63, 3.8) is 0 Å². The molecule has 0 aliphatic carbocycles. The summed E-state index contributed by atoms with van der Waals surface area (Å²) in [5, 5.41) is 3.11. The molecule has 100 valence electrons. The fourth-order valence-electron chi connectivity index (χ4n) is 1.44. The molecule has 3 N–H and O–H groups in total. The van der Waals surface area contributed by atoms with Gasteiger partial charge in [0.2, 0.25) is 17.8 Å². The van der Waals surface area contributed by atoms with Crippen LogP contribution in [-0.2, 0) is 0 Å². The Morgan fingerprint density at radius 1 is 1.11 bits per heavy atom. The van der Waals surface area contributed by atoms with E-state index in [1.165, 1.54) is 4.90 Å². The highest BCUT2D eigenvalue weighted by molar-refractivity contribution is 7.98. The van der Waals surface area contributed by atoms with Crippen molar-refractivity contribution in [2.45, 2.75) is 4.90 Å². The predicted molar refractivity (Wildman–Crippen MR) is 80.1 cm³/mol. The summed E-state index contributed by atoms with van der Waals surface area (Å²) in [5.41, 5.74) is 6.57. The maximum Gasteiger partial charge on any atom is 0.233 e. The van der Waals surface area contributed by atoms with Gasteiger partial charge in [0.15, 0.2) is 0 Å². The molecule has 7 heteroatoms. The highest BCUT2D eigenvalue weighted by Gasteiger charge is 2.06. The number of hydrogen-bond acceptors (Lipinski definition) is 7. The second-order valence-electron chi connectivity index (χ2n) is 4.07. The van der Waals surface area contributed by atoms with Crippen molar-refractivity contribution in [1.29, 1.82) is 0 Å². The molecule has 0 radical (unpaired) electrons. The number of rotatable bonds is 4. The lowest BCUT2D eigenvalue weighted by atomic mass is 10.3. The van der Waals surface area contributed by atoms with Crippen LogP contribution in [0.15, 0.2) is 29.2 Å². The Labute approximate surface area is 116 Å². The number of nitrogens with zero attached hydrogens (tertiary/aromatic N) is 4. The molecule has 1 aromatic carbocycles. The molecule has 0 saturated heterocycles. The topological polar surface area (TPSA) is 80.0 Å². The predicted octanol–water partition coefficient (Wildman–Crippen LogP) is 1.99. The van der Waals surface area contributed by atoms with Crippen LogP contribution in [0.2, 0.25) is 0 Å². The van der Waals surface area contributed by atoms with Gasteiger partial charge in [0, 0.05) is 24.7 Å². The van der Waals surface area contributed by atoms with E-state index in [1.807, 2.05) is 44.6 Å². The summed E-state index contributed by atoms with van der Waals surface area (Å²) in [6.45, 7) is 0. The summed E-state index contributed by atoms with van der Waals surface area (Å²) < 4.78 is 0. The summed E-state index contributed by atoms with van der Waals surface area (Å²) in [5.74, 6) is 1.16. The van der Waals surface area contributed by atoms with Crippen LogP contribution in [0.4, 0.5) is 23.5 Å². The van der Waals surface area contributed by atoms with Crippen LogP contribution in [0, 0.1) is 0 Å². The Morgan fingerprint density at radius 2 is 1.79 bits per heavy atom. The van der Waals surface area contributed by atoms with E-state index < -0.39 is 0 Å². The van der Waals surface area contributed by atoms with Gasteiger partial charge in [-0.05, 0) is 30.5 Å². The highest BCUT2D eigenvalue weighted by atomic mass is 32.2. The Morgan fingerprint density at radius 3 is 2.37 bits per heavy atom. The molecule has 0 atom stereocenters. The molecule has 0 unspecified atom stereocenters. The molecule has 0 amide bonds. The fourth-order valence-corrected chi connectivity index (χ4v) is 1.85. The van der Waals surface area contributed by atoms with E-state index in [0.29, 0.717) is 11.9 Å². The first-order valence-electron chi connectivity index (χ1n) is 5.68. The molecule has 6 nitrogen and oxygen atoms in total. The average Bonchev–Trinajstić information content (AvgIpc) is 2.39. The minimum Gasteiger partial charge on any atom is -0.368 e. The zero-order chi connectivity index (χ0) is 13.8. The summed E-state index contributed by atoms with van der Waals surface area (Å²) in [7, 11) is 3.71. The zero-order valence-corrected chi connectivity index (χ0v) is 11.9. The van der Waals surface area contributed by atoms with Gasteiger partial charge >= 0.3 is 0 Å². The maximum absolute atomic E-state index is 5.66. The normalized spacial score (nSPS) is 10.3. The van der Waals surface area contributed by atoms with Crippen LogP contribution in [0.5, 0.6) is 0 Å². The van der Waals surface area contributed by atoms with Gasteiger partial charge in [0.25, 0.3) is 0 Å². The van der Waals surface area contributed by atoms with Gasteiger partial charge in [-0.25, -0.2) is 0 Å². The fraction of sp³-hybridized carbons (Fsp3) is 0.250. The first-order valence-corrected chi connectivity index (χ1v) is 6.91. The number of thioether (sulfide) groups is 1. The highest BCUT2D eigenvalue weighted by Crippen LogP contribution is 2.20. The largest absolute Gasteiger partial charge is 0.368 e. The van der Waals surface area contributed by atoms with E-state index in [1.54, 1.807) is 16.7 Å². The van der Waals surface area contributed by atoms with Crippen LogP contribution < -0.4 is 16.0 Å². The van der Waals surface area contributed by atoms with E-state index in [4.69, 9.17) is 5.73 Å².